The summed E-state index contributed by atoms with van der Waals surface area (Å²) in [5.74, 6) is 0.0814. The van der Waals surface area contributed by atoms with Gasteiger partial charge in [0.15, 0.2) is 0 Å². The maximum Gasteiger partial charge on any atom is 0.255 e. The molecule has 140 valence electrons. The van der Waals surface area contributed by atoms with E-state index in [2.05, 4.69) is 0 Å². The molecule has 1 saturated carbocycles. The highest BCUT2D eigenvalue weighted by Gasteiger charge is 2.56. The Morgan fingerprint density at radius 3 is 2.54 bits per heavy atom. The molecule has 0 unspecified atom stereocenters. The van der Waals surface area contributed by atoms with Gasteiger partial charge in [0.25, 0.3) is 5.91 Å². The van der Waals surface area contributed by atoms with E-state index < -0.39 is 11.9 Å². The summed E-state index contributed by atoms with van der Waals surface area (Å²) in [4.78, 5) is 32.3. The Bertz CT molecular complexity index is 1110. The van der Waals surface area contributed by atoms with Gasteiger partial charge in [0.05, 0.1) is 11.1 Å². The van der Waals surface area contributed by atoms with Gasteiger partial charge in [0.2, 0.25) is 5.91 Å². The molecule has 1 aromatic heterocycles. The molecule has 2 amide bonds. The van der Waals surface area contributed by atoms with Gasteiger partial charge in [0.1, 0.15) is 6.04 Å². The van der Waals surface area contributed by atoms with Crippen molar-refractivity contribution in [3.05, 3.63) is 65.9 Å². The molecule has 5 heteroatoms. The zero-order chi connectivity index (χ0) is 19.4. The third kappa shape index (κ3) is 2.50. The van der Waals surface area contributed by atoms with Crippen LogP contribution < -0.4 is 5.73 Å². The van der Waals surface area contributed by atoms with E-state index in [1.165, 1.54) is 0 Å². The first kappa shape index (κ1) is 16.9. The molecular weight excluding hydrogens is 350 g/mol. The van der Waals surface area contributed by atoms with Crippen LogP contribution in [0.3, 0.4) is 0 Å². The van der Waals surface area contributed by atoms with Gasteiger partial charge in [-0.3, -0.25) is 14.6 Å². The van der Waals surface area contributed by atoms with Gasteiger partial charge < -0.3 is 10.6 Å². The van der Waals surface area contributed by atoms with E-state index >= 15 is 0 Å². The predicted molar refractivity (Wildman–Crippen MR) is 108 cm³/mol. The Balaban J connectivity index is 1.73. The lowest BCUT2D eigenvalue weighted by atomic mass is 9.93. The highest BCUT2D eigenvalue weighted by atomic mass is 16.2. The monoisotopic (exact) mass is 371 g/mol. The normalized spacial score (nSPS) is 22.9. The zero-order valence-corrected chi connectivity index (χ0v) is 15.6. The molecule has 2 fully saturated rings. The van der Waals surface area contributed by atoms with E-state index in [9.17, 15) is 9.59 Å². The summed E-state index contributed by atoms with van der Waals surface area (Å²) in [6, 6.07) is 17.0. The summed E-state index contributed by atoms with van der Waals surface area (Å²) in [5, 5.41) is 0.806. The first-order chi connectivity index (χ1) is 13.6. The van der Waals surface area contributed by atoms with E-state index in [4.69, 9.17) is 10.7 Å². The first-order valence-electron chi connectivity index (χ1n) is 9.61. The summed E-state index contributed by atoms with van der Waals surface area (Å²) >= 11 is 0. The molecule has 5 rings (SSSR count). The summed E-state index contributed by atoms with van der Waals surface area (Å²) in [6.07, 6.45) is 0.985. The number of fused-ring (bicyclic) bond motifs is 2. The molecule has 2 aliphatic rings. The molecule has 1 saturated heterocycles. The molecule has 3 aromatic rings. The highest BCUT2D eigenvalue weighted by Crippen LogP contribution is 2.50. The van der Waals surface area contributed by atoms with Gasteiger partial charge >= 0.3 is 0 Å². The van der Waals surface area contributed by atoms with E-state index in [-0.39, 0.29) is 11.8 Å². The topological polar surface area (TPSA) is 76.3 Å². The van der Waals surface area contributed by atoms with Crippen LogP contribution in [0.15, 0.2) is 54.6 Å². The van der Waals surface area contributed by atoms with Gasteiger partial charge in [0, 0.05) is 23.2 Å². The van der Waals surface area contributed by atoms with Crippen molar-refractivity contribution in [2.75, 3.05) is 6.54 Å². The van der Waals surface area contributed by atoms with Gasteiger partial charge in [-0.05, 0) is 36.8 Å². The Morgan fingerprint density at radius 1 is 1.07 bits per heavy atom. The fourth-order valence-electron chi connectivity index (χ4n) is 4.70. The predicted octanol–water partition coefficient (Wildman–Crippen LogP) is 3.16. The van der Waals surface area contributed by atoms with Crippen LogP contribution in [0, 0.1) is 18.8 Å². The number of nitrogens with two attached hydrogens (primary N) is 1. The third-order valence-electron chi connectivity index (χ3n) is 6.05. The lowest BCUT2D eigenvalue weighted by molar-refractivity contribution is -0.122. The number of pyridine rings is 1. The Morgan fingerprint density at radius 2 is 1.79 bits per heavy atom. The van der Waals surface area contributed by atoms with Gasteiger partial charge in [-0.15, -0.1) is 0 Å². The van der Waals surface area contributed by atoms with Crippen LogP contribution in [0.4, 0.5) is 0 Å². The molecule has 5 nitrogen and oxygen atoms in total. The highest BCUT2D eigenvalue weighted by molar-refractivity contribution is 6.13. The number of carbonyl (C=O) groups excluding carboxylic acids is 2. The minimum absolute atomic E-state index is 0.128. The van der Waals surface area contributed by atoms with Crippen molar-refractivity contribution in [1.29, 1.82) is 0 Å². The largest absolute Gasteiger partial charge is 0.368 e. The Kier molecular flexibility index (Phi) is 3.72. The molecule has 1 aliphatic heterocycles. The second kappa shape index (κ2) is 6.16. The molecule has 0 radical (unpaired) electrons. The van der Waals surface area contributed by atoms with Crippen LogP contribution in [0.25, 0.3) is 22.0 Å². The number of hydrogen-bond donors (Lipinski definition) is 1. The maximum absolute atomic E-state index is 13.8. The molecule has 3 atom stereocenters. The van der Waals surface area contributed by atoms with Crippen LogP contribution in [-0.2, 0) is 4.79 Å². The number of para-hydroxylation sites is 1. The molecular formula is C23H21N3O2. The van der Waals surface area contributed by atoms with Crippen LogP contribution in [0.5, 0.6) is 0 Å². The number of carbonyl (C=O) groups is 2. The number of benzene rings is 2. The second-order valence-electron chi connectivity index (χ2n) is 7.79. The minimum atomic E-state index is -0.506. The van der Waals surface area contributed by atoms with Crippen molar-refractivity contribution in [1.82, 2.24) is 9.88 Å². The number of primary amides is 1. The number of rotatable bonds is 3. The smallest absolute Gasteiger partial charge is 0.255 e. The minimum Gasteiger partial charge on any atom is -0.368 e. The van der Waals surface area contributed by atoms with E-state index in [0.717, 1.165) is 34.1 Å². The van der Waals surface area contributed by atoms with Crippen LogP contribution >= 0.6 is 0 Å². The molecule has 2 heterocycles. The van der Waals surface area contributed by atoms with E-state index in [1.54, 1.807) is 4.90 Å². The quantitative estimate of drug-likeness (QED) is 0.768. The van der Waals surface area contributed by atoms with Crippen molar-refractivity contribution >= 4 is 22.7 Å². The Labute approximate surface area is 163 Å². The lowest BCUT2D eigenvalue weighted by Crippen LogP contribution is -2.46. The second-order valence-corrected chi connectivity index (χ2v) is 7.79. The van der Waals surface area contributed by atoms with Crippen LogP contribution in [0.2, 0.25) is 0 Å². The number of piperidine rings is 1. The fraction of sp³-hybridized carbons (Fsp3) is 0.261. The van der Waals surface area contributed by atoms with Gasteiger partial charge in [-0.1, -0.05) is 48.5 Å². The summed E-state index contributed by atoms with van der Waals surface area (Å²) in [6.45, 7) is 2.53. The molecule has 0 bridgehead atoms. The first-order valence-corrected chi connectivity index (χ1v) is 9.61. The molecule has 2 N–H and O–H groups in total. The third-order valence-corrected chi connectivity index (χ3v) is 6.05. The van der Waals surface area contributed by atoms with Gasteiger partial charge in [-0.2, -0.15) is 0 Å². The van der Waals surface area contributed by atoms with Crippen molar-refractivity contribution < 1.29 is 9.59 Å². The average molecular weight is 371 g/mol. The molecule has 28 heavy (non-hydrogen) atoms. The maximum atomic E-state index is 13.8. The zero-order valence-electron chi connectivity index (χ0n) is 15.6. The number of aromatic nitrogens is 1. The van der Waals surface area contributed by atoms with Crippen LogP contribution in [0.1, 0.15) is 22.5 Å². The standard InChI is InChI=1S/C23H21N3O2/c1-13-19(14-7-3-2-4-8-14)20(16-9-5-6-10-18(16)25-13)23(28)26-12-15-11-17(15)21(26)22(24)27/h2-10,15,17,21H,11-12H2,1H3,(H2,24,27)/t15-,17-,21+/m1/s1. The van der Waals surface area contributed by atoms with Crippen LogP contribution in [-0.4, -0.2) is 34.3 Å². The van der Waals surface area contributed by atoms with E-state index in [1.807, 2.05) is 61.5 Å². The number of likely N-dealkylation sites (tertiary alicyclic amines) is 1. The fourth-order valence-corrected chi connectivity index (χ4v) is 4.70. The van der Waals surface area contributed by atoms with Crippen molar-refractivity contribution in [3.63, 3.8) is 0 Å². The van der Waals surface area contributed by atoms with Crippen molar-refractivity contribution in [2.24, 2.45) is 17.6 Å². The lowest BCUT2D eigenvalue weighted by Gasteiger charge is -2.27. The van der Waals surface area contributed by atoms with Gasteiger partial charge in [-0.25, -0.2) is 0 Å². The average Bonchev–Trinajstić information content (AvgIpc) is 3.35. The summed E-state index contributed by atoms with van der Waals surface area (Å²) in [5.41, 5.74) is 9.63. The van der Waals surface area contributed by atoms with Crippen molar-refractivity contribution in [3.8, 4) is 11.1 Å². The SMILES string of the molecule is Cc1nc2ccccc2c(C(=O)N2C[C@H]3C[C@H]3[C@H]2C(N)=O)c1-c1ccccc1. The molecule has 0 spiro atoms. The molecule has 1 aliphatic carbocycles. The molecule has 2 aromatic carbocycles. The van der Waals surface area contributed by atoms with Crippen molar-refractivity contribution in [2.45, 2.75) is 19.4 Å². The number of amides is 2. The summed E-state index contributed by atoms with van der Waals surface area (Å²) in [7, 11) is 0. The number of aryl methyl sites for hydroxylation is 1. The number of hydrogen-bond acceptors (Lipinski definition) is 3. The summed E-state index contributed by atoms with van der Waals surface area (Å²) < 4.78 is 0. The van der Waals surface area contributed by atoms with E-state index in [0.29, 0.717) is 18.0 Å². The Hall–Kier alpha value is -3.21. The number of nitrogens with zero attached hydrogens (tertiary/aromatic N) is 2.